The van der Waals surface area contributed by atoms with Gasteiger partial charge in [0.2, 0.25) is 0 Å². The number of carbonyl (C=O) groups is 1. The normalized spacial score (nSPS) is 9.68. The lowest BCUT2D eigenvalue weighted by molar-refractivity contribution is 0.0945. The van der Waals surface area contributed by atoms with E-state index in [1.54, 1.807) is 18.5 Å². The largest absolute Gasteiger partial charge is 0.345 e. The summed E-state index contributed by atoms with van der Waals surface area (Å²) in [5.41, 5.74) is 2.18. The van der Waals surface area contributed by atoms with Crippen LogP contribution in [-0.2, 0) is 6.54 Å². The van der Waals surface area contributed by atoms with Gasteiger partial charge in [-0.3, -0.25) is 14.8 Å². The zero-order chi connectivity index (χ0) is 13.7. The maximum Gasteiger partial charge on any atom is 0.270 e. The number of nitrogens with one attached hydrogen (secondary N) is 1. The van der Waals surface area contributed by atoms with E-state index in [2.05, 4.69) is 20.3 Å². The Balaban J connectivity index is 1.97. The van der Waals surface area contributed by atoms with E-state index in [1.807, 2.05) is 13.0 Å². The average molecular weight is 253 g/mol. The van der Waals surface area contributed by atoms with E-state index in [1.165, 1.54) is 12.3 Å². The summed E-state index contributed by atoms with van der Waals surface area (Å²) in [5.74, 6) is -0.313. The molecule has 0 aliphatic carbocycles. The van der Waals surface area contributed by atoms with Crippen LogP contribution in [-0.4, -0.2) is 20.9 Å². The molecule has 1 amide bonds. The highest BCUT2D eigenvalue weighted by Gasteiger charge is 2.07. The van der Waals surface area contributed by atoms with E-state index in [0.29, 0.717) is 11.3 Å². The Morgan fingerprint density at radius 1 is 1.26 bits per heavy atom. The number of pyridine rings is 1. The number of hydrogen-bond donors (Lipinski definition) is 1. The van der Waals surface area contributed by atoms with Crippen molar-refractivity contribution < 1.29 is 4.79 Å². The fraction of sp³-hybridized carbons (Fsp3) is 0.154. The number of amides is 1. The van der Waals surface area contributed by atoms with Crippen LogP contribution in [0.25, 0.3) is 0 Å². The van der Waals surface area contributed by atoms with Gasteiger partial charge in [-0.15, -0.1) is 0 Å². The second-order valence-electron chi connectivity index (χ2n) is 3.88. The lowest BCUT2D eigenvalue weighted by Gasteiger charge is -2.04. The first kappa shape index (κ1) is 12.6. The van der Waals surface area contributed by atoms with Crippen molar-refractivity contribution >= 4 is 5.91 Å². The molecule has 0 fully saturated rings. The molecule has 19 heavy (non-hydrogen) atoms. The van der Waals surface area contributed by atoms with Gasteiger partial charge in [0.25, 0.3) is 5.91 Å². The molecule has 2 aromatic heterocycles. The van der Waals surface area contributed by atoms with Crippen LogP contribution < -0.4 is 5.32 Å². The molecule has 0 radical (unpaired) electrons. The number of rotatable bonds is 3. The minimum Gasteiger partial charge on any atom is -0.345 e. The lowest BCUT2D eigenvalue weighted by Crippen LogP contribution is -2.24. The third kappa shape index (κ3) is 3.33. The minimum atomic E-state index is -0.313. The molecule has 2 rings (SSSR count). The first-order chi connectivity index (χ1) is 9.19. The van der Waals surface area contributed by atoms with Crippen LogP contribution in [0.2, 0.25) is 0 Å². The molecule has 0 unspecified atom stereocenters. The SMILES string of the molecule is Cc1cnc(CNC(=O)c2ccc(C#N)cn2)cn1. The number of aromatic nitrogens is 3. The van der Waals surface area contributed by atoms with E-state index in [4.69, 9.17) is 5.26 Å². The monoisotopic (exact) mass is 253 g/mol. The predicted molar refractivity (Wildman–Crippen MR) is 66.9 cm³/mol. The predicted octanol–water partition coefficient (Wildman–Crippen LogP) is 0.982. The summed E-state index contributed by atoms with van der Waals surface area (Å²) in [6.07, 6.45) is 4.61. The third-order valence-corrected chi connectivity index (χ3v) is 2.39. The first-order valence-corrected chi connectivity index (χ1v) is 5.61. The molecule has 0 aliphatic heterocycles. The number of nitrogens with zero attached hydrogens (tertiary/aromatic N) is 4. The van der Waals surface area contributed by atoms with Gasteiger partial charge in [0.15, 0.2) is 0 Å². The Morgan fingerprint density at radius 3 is 2.68 bits per heavy atom. The van der Waals surface area contributed by atoms with Gasteiger partial charge in [0.1, 0.15) is 11.8 Å². The van der Waals surface area contributed by atoms with Gasteiger partial charge < -0.3 is 5.32 Å². The molecule has 2 aromatic rings. The molecular weight excluding hydrogens is 242 g/mol. The van der Waals surface area contributed by atoms with Gasteiger partial charge in [-0.2, -0.15) is 5.26 Å². The summed E-state index contributed by atoms with van der Waals surface area (Å²) in [5, 5.41) is 11.3. The maximum absolute atomic E-state index is 11.8. The highest BCUT2D eigenvalue weighted by molar-refractivity contribution is 5.92. The standard InChI is InChI=1S/C13H11N5O/c1-9-5-16-11(7-15-9)8-18-13(19)12-3-2-10(4-14)6-17-12/h2-3,5-7H,8H2,1H3,(H,18,19). The Bertz CT molecular complexity index is 613. The number of nitriles is 1. The Kier molecular flexibility index (Phi) is 3.78. The van der Waals surface area contributed by atoms with Crippen molar-refractivity contribution in [1.29, 1.82) is 5.26 Å². The van der Waals surface area contributed by atoms with Crippen molar-refractivity contribution in [2.24, 2.45) is 0 Å². The van der Waals surface area contributed by atoms with Crippen LogP contribution in [0.5, 0.6) is 0 Å². The zero-order valence-electron chi connectivity index (χ0n) is 10.3. The quantitative estimate of drug-likeness (QED) is 0.880. The number of aryl methyl sites for hydroxylation is 1. The summed E-state index contributed by atoms with van der Waals surface area (Å²) >= 11 is 0. The van der Waals surface area contributed by atoms with Crippen LogP contribution in [0.3, 0.4) is 0 Å². The fourth-order valence-electron chi connectivity index (χ4n) is 1.37. The maximum atomic E-state index is 11.8. The summed E-state index contributed by atoms with van der Waals surface area (Å²) < 4.78 is 0. The first-order valence-electron chi connectivity index (χ1n) is 5.61. The molecule has 0 aliphatic rings. The van der Waals surface area contributed by atoms with Gasteiger partial charge in [0, 0.05) is 12.4 Å². The molecule has 6 nitrogen and oxygen atoms in total. The molecule has 0 aromatic carbocycles. The van der Waals surface area contributed by atoms with Gasteiger partial charge in [0.05, 0.1) is 29.7 Å². The molecule has 2 heterocycles. The van der Waals surface area contributed by atoms with E-state index in [-0.39, 0.29) is 18.1 Å². The Morgan fingerprint density at radius 2 is 2.11 bits per heavy atom. The number of hydrogen-bond acceptors (Lipinski definition) is 5. The van der Waals surface area contributed by atoms with Crippen molar-refractivity contribution in [3.05, 3.63) is 53.4 Å². The summed E-state index contributed by atoms with van der Waals surface area (Å²) in [6.45, 7) is 2.13. The molecule has 0 saturated carbocycles. The topological polar surface area (TPSA) is 91.6 Å². The molecule has 6 heteroatoms. The van der Waals surface area contributed by atoms with Crippen molar-refractivity contribution in [1.82, 2.24) is 20.3 Å². The Hall–Kier alpha value is -2.81. The highest BCUT2D eigenvalue weighted by Crippen LogP contribution is 2.00. The van der Waals surface area contributed by atoms with E-state index in [0.717, 1.165) is 5.69 Å². The molecule has 0 bridgehead atoms. The van der Waals surface area contributed by atoms with Crippen LogP contribution in [0, 0.1) is 18.3 Å². The number of carbonyl (C=O) groups excluding carboxylic acids is 1. The summed E-state index contributed by atoms with van der Waals surface area (Å²) in [6, 6.07) is 5.00. The second kappa shape index (κ2) is 5.69. The fourth-order valence-corrected chi connectivity index (χ4v) is 1.37. The van der Waals surface area contributed by atoms with Crippen LogP contribution in [0.4, 0.5) is 0 Å². The van der Waals surface area contributed by atoms with Gasteiger partial charge in [-0.1, -0.05) is 0 Å². The van der Waals surface area contributed by atoms with E-state index < -0.39 is 0 Å². The van der Waals surface area contributed by atoms with Crippen molar-refractivity contribution in [3.8, 4) is 6.07 Å². The third-order valence-electron chi connectivity index (χ3n) is 2.39. The van der Waals surface area contributed by atoms with Crippen LogP contribution in [0.15, 0.2) is 30.7 Å². The second-order valence-corrected chi connectivity index (χ2v) is 3.88. The highest BCUT2D eigenvalue weighted by atomic mass is 16.1. The van der Waals surface area contributed by atoms with Gasteiger partial charge >= 0.3 is 0 Å². The Labute approximate surface area is 110 Å². The lowest BCUT2D eigenvalue weighted by atomic mass is 10.2. The van der Waals surface area contributed by atoms with E-state index in [9.17, 15) is 4.79 Å². The molecule has 0 atom stereocenters. The summed E-state index contributed by atoms with van der Waals surface area (Å²) in [7, 11) is 0. The van der Waals surface area contributed by atoms with Crippen LogP contribution in [0.1, 0.15) is 27.4 Å². The molecule has 0 saturated heterocycles. The molecular formula is C13H11N5O. The zero-order valence-corrected chi connectivity index (χ0v) is 10.3. The van der Waals surface area contributed by atoms with Gasteiger partial charge in [-0.05, 0) is 19.1 Å². The minimum absolute atomic E-state index is 0.263. The van der Waals surface area contributed by atoms with Crippen molar-refractivity contribution in [3.63, 3.8) is 0 Å². The molecule has 0 spiro atoms. The van der Waals surface area contributed by atoms with Gasteiger partial charge in [-0.25, -0.2) is 4.98 Å². The van der Waals surface area contributed by atoms with Crippen LogP contribution >= 0.6 is 0 Å². The smallest absolute Gasteiger partial charge is 0.270 e. The average Bonchev–Trinajstić information content (AvgIpc) is 2.46. The van der Waals surface area contributed by atoms with E-state index >= 15 is 0 Å². The van der Waals surface area contributed by atoms with Crippen molar-refractivity contribution in [2.45, 2.75) is 13.5 Å². The van der Waals surface area contributed by atoms with Crippen molar-refractivity contribution in [2.75, 3.05) is 0 Å². The molecule has 1 N–H and O–H groups in total. The molecule has 94 valence electrons. The summed E-state index contributed by atoms with van der Waals surface area (Å²) in [4.78, 5) is 23.9.